The number of methoxy groups -OCH3 is 1. The maximum Gasteiger partial charge on any atom is 0.259 e. The Morgan fingerprint density at radius 2 is 1.70 bits per heavy atom. The lowest BCUT2D eigenvalue weighted by Crippen LogP contribution is -2.09. The predicted octanol–water partition coefficient (Wildman–Crippen LogP) is 4.18. The van der Waals surface area contributed by atoms with E-state index in [0.29, 0.717) is 34.8 Å². The smallest absolute Gasteiger partial charge is 0.259 e. The van der Waals surface area contributed by atoms with Crippen LogP contribution in [-0.2, 0) is 6.61 Å². The van der Waals surface area contributed by atoms with Crippen molar-refractivity contribution in [2.24, 2.45) is 0 Å². The minimum atomic E-state index is -0.168. The van der Waals surface area contributed by atoms with E-state index in [9.17, 15) is 4.79 Å². The number of H-pyrrole nitrogens is 1. The fourth-order valence-electron chi connectivity index (χ4n) is 2.89. The lowest BCUT2D eigenvalue weighted by molar-refractivity contribution is 0.284. The first-order valence-corrected chi connectivity index (χ1v) is 8.59. The average Bonchev–Trinajstić information content (AvgIpc) is 2.73. The highest BCUT2D eigenvalue weighted by Gasteiger charge is 2.10. The molecule has 5 nitrogen and oxygen atoms in total. The van der Waals surface area contributed by atoms with Crippen LogP contribution in [0.2, 0.25) is 0 Å². The number of hydrogen-bond acceptors (Lipinski definition) is 4. The van der Waals surface area contributed by atoms with E-state index in [2.05, 4.69) is 9.97 Å². The number of rotatable bonds is 5. The average molecular weight is 358 g/mol. The van der Waals surface area contributed by atoms with E-state index < -0.39 is 0 Å². The van der Waals surface area contributed by atoms with Crippen molar-refractivity contribution in [2.75, 3.05) is 7.11 Å². The third-order valence-corrected chi connectivity index (χ3v) is 4.29. The summed E-state index contributed by atoms with van der Waals surface area (Å²) in [5.74, 6) is 1.71. The van der Waals surface area contributed by atoms with Gasteiger partial charge < -0.3 is 14.5 Å². The summed E-state index contributed by atoms with van der Waals surface area (Å²) in [6.07, 6.45) is 0. The van der Waals surface area contributed by atoms with Gasteiger partial charge in [0.2, 0.25) is 0 Å². The Morgan fingerprint density at radius 1 is 0.926 bits per heavy atom. The number of aromatic nitrogens is 2. The molecule has 1 N–H and O–H groups in total. The molecule has 0 saturated heterocycles. The van der Waals surface area contributed by atoms with Gasteiger partial charge in [-0.05, 0) is 35.9 Å². The Bertz CT molecular complexity index is 1140. The van der Waals surface area contributed by atoms with Gasteiger partial charge in [0, 0.05) is 5.56 Å². The van der Waals surface area contributed by atoms with Gasteiger partial charge in [-0.25, -0.2) is 4.98 Å². The molecule has 27 heavy (non-hydrogen) atoms. The van der Waals surface area contributed by atoms with Crippen LogP contribution in [0.4, 0.5) is 0 Å². The van der Waals surface area contributed by atoms with Crippen LogP contribution in [0.5, 0.6) is 11.5 Å². The van der Waals surface area contributed by atoms with E-state index in [1.54, 1.807) is 13.2 Å². The van der Waals surface area contributed by atoms with Gasteiger partial charge in [0.15, 0.2) is 11.5 Å². The Morgan fingerprint density at radius 3 is 2.52 bits per heavy atom. The number of nitrogens with one attached hydrogen (secondary N) is 1. The van der Waals surface area contributed by atoms with Crippen LogP contribution in [-0.4, -0.2) is 17.1 Å². The fraction of sp³-hybridized carbons (Fsp3) is 0.0909. The Hall–Kier alpha value is -3.60. The van der Waals surface area contributed by atoms with Gasteiger partial charge >= 0.3 is 0 Å². The first kappa shape index (κ1) is 16.8. The molecule has 0 aliphatic carbocycles. The van der Waals surface area contributed by atoms with Gasteiger partial charge in [0.1, 0.15) is 12.4 Å². The molecule has 0 aliphatic rings. The van der Waals surface area contributed by atoms with E-state index in [-0.39, 0.29) is 5.56 Å². The van der Waals surface area contributed by atoms with Crippen LogP contribution >= 0.6 is 0 Å². The van der Waals surface area contributed by atoms with Gasteiger partial charge in [0.05, 0.1) is 18.0 Å². The summed E-state index contributed by atoms with van der Waals surface area (Å²) in [6.45, 7) is 0.446. The first-order chi connectivity index (χ1) is 13.2. The van der Waals surface area contributed by atoms with Gasteiger partial charge in [-0.3, -0.25) is 4.79 Å². The molecule has 3 aromatic carbocycles. The van der Waals surface area contributed by atoms with Gasteiger partial charge in [-0.15, -0.1) is 0 Å². The third kappa shape index (κ3) is 3.53. The van der Waals surface area contributed by atoms with Crippen molar-refractivity contribution in [3.63, 3.8) is 0 Å². The maximum absolute atomic E-state index is 12.3. The van der Waals surface area contributed by atoms with Crippen molar-refractivity contribution in [1.29, 1.82) is 0 Å². The summed E-state index contributed by atoms with van der Waals surface area (Å²) >= 11 is 0. The molecule has 4 rings (SSSR count). The number of para-hydroxylation sites is 1. The van der Waals surface area contributed by atoms with Crippen LogP contribution < -0.4 is 15.0 Å². The van der Waals surface area contributed by atoms with Crippen molar-refractivity contribution < 1.29 is 9.47 Å². The van der Waals surface area contributed by atoms with E-state index in [1.807, 2.05) is 66.7 Å². The van der Waals surface area contributed by atoms with Gasteiger partial charge in [-0.2, -0.15) is 0 Å². The first-order valence-electron chi connectivity index (χ1n) is 8.59. The molecule has 5 heteroatoms. The molecular formula is C22H18N2O3. The lowest BCUT2D eigenvalue weighted by atomic mass is 10.1. The number of ether oxygens (including phenoxy) is 2. The normalized spacial score (nSPS) is 10.7. The molecule has 0 amide bonds. The summed E-state index contributed by atoms with van der Waals surface area (Å²) in [5, 5.41) is 0.566. The predicted molar refractivity (Wildman–Crippen MR) is 105 cm³/mol. The molecule has 0 spiro atoms. The number of fused-ring (bicyclic) bond motifs is 1. The zero-order valence-electron chi connectivity index (χ0n) is 14.8. The molecule has 4 aromatic rings. The zero-order chi connectivity index (χ0) is 18.6. The largest absolute Gasteiger partial charge is 0.493 e. The Kier molecular flexibility index (Phi) is 4.58. The van der Waals surface area contributed by atoms with Crippen LogP contribution in [0.3, 0.4) is 0 Å². The summed E-state index contributed by atoms with van der Waals surface area (Å²) in [7, 11) is 1.59. The molecule has 0 unspecified atom stereocenters. The van der Waals surface area contributed by atoms with E-state index in [0.717, 1.165) is 11.1 Å². The molecular weight excluding hydrogens is 340 g/mol. The summed E-state index contributed by atoms with van der Waals surface area (Å²) in [4.78, 5) is 19.7. The second-order valence-corrected chi connectivity index (χ2v) is 6.07. The van der Waals surface area contributed by atoms with Crippen molar-refractivity contribution in [3.05, 3.63) is 88.7 Å². The van der Waals surface area contributed by atoms with Crippen LogP contribution in [0, 0.1) is 0 Å². The molecule has 0 aliphatic heterocycles. The number of nitrogens with zero attached hydrogens (tertiary/aromatic N) is 1. The maximum atomic E-state index is 12.3. The van der Waals surface area contributed by atoms with Gasteiger partial charge in [0.25, 0.3) is 5.56 Å². The quantitative estimate of drug-likeness (QED) is 0.581. The van der Waals surface area contributed by atoms with Crippen molar-refractivity contribution in [3.8, 4) is 22.9 Å². The highest BCUT2D eigenvalue weighted by atomic mass is 16.5. The standard InChI is InChI=1S/C22H18N2O3/c1-26-20-13-16(11-12-19(20)27-14-15-7-3-2-4-8-15)21-23-18-10-6-5-9-17(18)22(25)24-21/h2-13H,14H2,1H3,(H,23,24,25). The number of hydrogen-bond donors (Lipinski definition) is 1. The molecule has 1 aromatic heterocycles. The minimum absolute atomic E-state index is 0.168. The van der Waals surface area contributed by atoms with Crippen molar-refractivity contribution >= 4 is 10.9 Å². The Labute approximate surface area is 156 Å². The molecule has 0 atom stereocenters. The summed E-state index contributed by atoms with van der Waals surface area (Å²) in [5.41, 5.74) is 2.31. The zero-order valence-corrected chi connectivity index (χ0v) is 14.8. The highest BCUT2D eigenvalue weighted by molar-refractivity contribution is 5.79. The lowest BCUT2D eigenvalue weighted by Gasteiger charge is -2.12. The molecule has 0 bridgehead atoms. The topological polar surface area (TPSA) is 64.2 Å². The molecule has 0 fully saturated rings. The van der Waals surface area contributed by atoms with E-state index in [1.165, 1.54) is 0 Å². The van der Waals surface area contributed by atoms with E-state index >= 15 is 0 Å². The highest BCUT2D eigenvalue weighted by Crippen LogP contribution is 2.32. The SMILES string of the molecule is COc1cc(-c2nc3ccccc3c(=O)[nH]2)ccc1OCc1ccccc1. The Balaban J connectivity index is 1.66. The van der Waals surface area contributed by atoms with Crippen LogP contribution in [0.1, 0.15) is 5.56 Å². The number of benzene rings is 3. The third-order valence-electron chi connectivity index (χ3n) is 4.29. The minimum Gasteiger partial charge on any atom is -0.493 e. The number of aromatic amines is 1. The van der Waals surface area contributed by atoms with Crippen LogP contribution in [0.25, 0.3) is 22.3 Å². The van der Waals surface area contributed by atoms with Crippen LogP contribution in [0.15, 0.2) is 77.6 Å². The van der Waals surface area contributed by atoms with E-state index in [4.69, 9.17) is 9.47 Å². The van der Waals surface area contributed by atoms with Crippen molar-refractivity contribution in [1.82, 2.24) is 9.97 Å². The fourth-order valence-corrected chi connectivity index (χ4v) is 2.89. The monoisotopic (exact) mass is 358 g/mol. The second-order valence-electron chi connectivity index (χ2n) is 6.07. The molecule has 134 valence electrons. The summed E-state index contributed by atoms with van der Waals surface area (Å²) < 4.78 is 11.4. The molecule has 0 radical (unpaired) electrons. The second kappa shape index (κ2) is 7.33. The molecule has 1 heterocycles. The summed E-state index contributed by atoms with van der Waals surface area (Å²) in [6, 6.07) is 22.7. The van der Waals surface area contributed by atoms with Gasteiger partial charge in [-0.1, -0.05) is 42.5 Å². The molecule has 0 saturated carbocycles. The van der Waals surface area contributed by atoms with Crippen molar-refractivity contribution in [2.45, 2.75) is 6.61 Å².